The summed E-state index contributed by atoms with van der Waals surface area (Å²) in [6.07, 6.45) is 1.49. The number of furan rings is 1. The monoisotopic (exact) mass is 236 g/mol. The Morgan fingerprint density at radius 3 is 2.88 bits per heavy atom. The van der Waals surface area contributed by atoms with Crippen LogP contribution in [0.3, 0.4) is 0 Å². The molecule has 0 radical (unpaired) electrons. The molecule has 2 N–H and O–H groups in total. The minimum absolute atomic E-state index is 0.178. The third-order valence-electron chi connectivity index (χ3n) is 2.38. The number of halogens is 1. The van der Waals surface area contributed by atoms with E-state index < -0.39 is 11.5 Å². The molecule has 17 heavy (non-hydrogen) atoms. The van der Waals surface area contributed by atoms with Gasteiger partial charge in [-0.15, -0.1) is 0 Å². The van der Waals surface area contributed by atoms with E-state index in [1.165, 1.54) is 12.3 Å². The highest BCUT2D eigenvalue weighted by Crippen LogP contribution is 2.21. The highest BCUT2D eigenvalue weighted by Gasteiger charge is 2.25. The number of aliphatic hydroxyl groups is 1. The molecular formula is C12H13FN2O2. The summed E-state index contributed by atoms with van der Waals surface area (Å²) in [5, 5.41) is 13.0. The quantitative estimate of drug-likeness (QED) is 0.798. The van der Waals surface area contributed by atoms with E-state index in [0.29, 0.717) is 11.6 Å². The van der Waals surface area contributed by atoms with Gasteiger partial charge < -0.3 is 14.8 Å². The summed E-state index contributed by atoms with van der Waals surface area (Å²) in [6, 6.07) is 7.81. The van der Waals surface area contributed by atoms with Crippen molar-refractivity contribution >= 4 is 5.82 Å². The van der Waals surface area contributed by atoms with Crippen LogP contribution in [0.2, 0.25) is 0 Å². The topological polar surface area (TPSA) is 58.3 Å². The van der Waals surface area contributed by atoms with Gasteiger partial charge in [-0.25, -0.2) is 4.98 Å². The SMILES string of the molecule is CC(O)(CNc1cccc(F)n1)c1ccco1. The normalized spacial score (nSPS) is 14.3. The van der Waals surface area contributed by atoms with Gasteiger partial charge in [-0.05, 0) is 31.2 Å². The van der Waals surface area contributed by atoms with Crippen LogP contribution in [0.1, 0.15) is 12.7 Å². The Morgan fingerprint density at radius 2 is 2.24 bits per heavy atom. The average Bonchev–Trinajstić information content (AvgIpc) is 2.81. The molecule has 5 heteroatoms. The van der Waals surface area contributed by atoms with Gasteiger partial charge in [0.15, 0.2) is 0 Å². The fraction of sp³-hybridized carbons (Fsp3) is 0.250. The van der Waals surface area contributed by atoms with Crippen molar-refractivity contribution < 1.29 is 13.9 Å². The van der Waals surface area contributed by atoms with E-state index >= 15 is 0 Å². The first-order valence-corrected chi connectivity index (χ1v) is 5.21. The maximum absolute atomic E-state index is 12.8. The Hall–Kier alpha value is -1.88. The lowest BCUT2D eigenvalue weighted by Crippen LogP contribution is -2.30. The molecule has 0 bridgehead atoms. The van der Waals surface area contributed by atoms with Gasteiger partial charge in [-0.1, -0.05) is 6.07 Å². The van der Waals surface area contributed by atoms with Crippen LogP contribution in [0.5, 0.6) is 0 Å². The molecule has 0 aliphatic heterocycles. The fourth-order valence-electron chi connectivity index (χ4n) is 1.44. The summed E-state index contributed by atoms with van der Waals surface area (Å²) in [5.41, 5.74) is -1.17. The van der Waals surface area contributed by atoms with Gasteiger partial charge in [0, 0.05) is 0 Å². The van der Waals surface area contributed by atoms with Crippen LogP contribution in [-0.2, 0) is 5.60 Å². The summed E-state index contributed by atoms with van der Waals surface area (Å²) in [7, 11) is 0. The Bertz CT molecular complexity index is 483. The molecule has 4 nitrogen and oxygen atoms in total. The third kappa shape index (κ3) is 2.82. The third-order valence-corrected chi connectivity index (χ3v) is 2.38. The number of hydrogen-bond acceptors (Lipinski definition) is 4. The van der Waals surface area contributed by atoms with Crippen LogP contribution in [0.15, 0.2) is 41.0 Å². The minimum Gasteiger partial charge on any atom is -0.466 e. The van der Waals surface area contributed by atoms with E-state index in [1.54, 1.807) is 31.2 Å². The molecule has 0 saturated carbocycles. The highest BCUT2D eigenvalue weighted by molar-refractivity contribution is 5.34. The van der Waals surface area contributed by atoms with Crippen LogP contribution < -0.4 is 5.32 Å². The van der Waals surface area contributed by atoms with Crippen molar-refractivity contribution in [1.82, 2.24) is 4.98 Å². The van der Waals surface area contributed by atoms with E-state index in [2.05, 4.69) is 10.3 Å². The van der Waals surface area contributed by atoms with Crippen molar-refractivity contribution in [1.29, 1.82) is 0 Å². The van der Waals surface area contributed by atoms with Crippen LogP contribution in [-0.4, -0.2) is 16.6 Å². The van der Waals surface area contributed by atoms with Crippen molar-refractivity contribution in [2.24, 2.45) is 0 Å². The van der Waals surface area contributed by atoms with Gasteiger partial charge in [0.2, 0.25) is 5.95 Å². The molecule has 0 fully saturated rings. The number of nitrogens with zero attached hydrogens (tertiary/aromatic N) is 1. The molecular weight excluding hydrogens is 223 g/mol. The first kappa shape index (κ1) is 11.6. The largest absolute Gasteiger partial charge is 0.466 e. The van der Waals surface area contributed by atoms with Gasteiger partial charge in [-0.2, -0.15) is 4.39 Å². The van der Waals surface area contributed by atoms with Crippen LogP contribution >= 0.6 is 0 Å². The maximum Gasteiger partial charge on any atom is 0.214 e. The molecule has 0 amide bonds. The highest BCUT2D eigenvalue weighted by atomic mass is 19.1. The molecule has 2 rings (SSSR count). The van der Waals surface area contributed by atoms with E-state index in [9.17, 15) is 9.50 Å². The molecule has 0 spiro atoms. The molecule has 2 heterocycles. The molecule has 1 unspecified atom stereocenters. The number of rotatable bonds is 4. The number of anilines is 1. The van der Waals surface area contributed by atoms with E-state index in [-0.39, 0.29) is 6.54 Å². The van der Waals surface area contributed by atoms with Crippen LogP contribution in [0.25, 0.3) is 0 Å². The molecule has 2 aromatic heterocycles. The average molecular weight is 236 g/mol. The first-order valence-electron chi connectivity index (χ1n) is 5.21. The Kier molecular flexibility index (Phi) is 3.10. The predicted octanol–water partition coefficient (Wildman–Crippen LogP) is 2.13. The Labute approximate surface area is 98.1 Å². The molecule has 1 atom stereocenters. The lowest BCUT2D eigenvalue weighted by atomic mass is 10.0. The number of hydrogen-bond donors (Lipinski definition) is 2. The second-order valence-electron chi connectivity index (χ2n) is 3.95. The van der Waals surface area contributed by atoms with Crippen molar-refractivity contribution in [3.63, 3.8) is 0 Å². The van der Waals surface area contributed by atoms with E-state index in [0.717, 1.165) is 0 Å². The Balaban J connectivity index is 2.03. The summed E-state index contributed by atoms with van der Waals surface area (Å²) in [5.74, 6) is 0.255. The van der Waals surface area contributed by atoms with Gasteiger partial charge in [0.1, 0.15) is 17.2 Å². The van der Waals surface area contributed by atoms with Gasteiger partial charge in [0.05, 0.1) is 12.8 Å². The minimum atomic E-state index is -1.17. The van der Waals surface area contributed by atoms with Crippen molar-refractivity contribution in [2.45, 2.75) is 12.5 Å². The molecule has 0 aliphatic carbocycles. The first-order chi connectivity index (χ1) is 8.08. The van der Waals surface area contributed by atoms with E-state index in [4.69, 9.17) is 4.42 Å². The summed E-state index contributed by atoms with van der Waals surface area (Å²) in [4.78, 5) is 3.64. The number of nitrogens with one attached hydrogen (secondary N) is 1. The van der Waals surface area contributed by atoms with Gasteiger partial charge in [-0.3, -0.25) is 0 Å². The smallest absolute Gasteiger partial charge is 0.214 e. The molecule has 0 aliphatic rings. The Morgan fingerprint density at radius 1 is 1.41 bits per heavy atom. The second kappa shape index (κ2) is 4.55. The molecule has 0 saturated heterocycles. The summed E-state index contributed by atoms with van der Waals surface area (Å²) >= 11 is 0. The van der Waals surface area contributed by atoms with E-state index in [1.807, 2.05) is 0 Å². The fourth-order valence-corrected chi connectivity index (χ4v) is 1.44. The van der Waals surface area contributed by atoms with Crippen molar-refractivity contribution in [2.75, 3.05) is 11.9 Å². The number of pyridine rings is 1. The maximum atomic E-state index is 12.8. The molecule has 90 valence electrons. The van der Waals surface area contributed by atoms with Crippen LogP contribution in [0.4, 0.5) is 10.2 Å². The number of aromatic nitrogens is 1. The van der Waals surface area contributed by atoms with Gasteiger partial charge in [0.25, 0.3) is 0 Å². The van der Waals surface area contributed by atoms with Crippen molar-refractivity contribution in [3.05, 3.63) is 48.3 Å². The molecule has 0 aromatic carbocycles. The second-order valence-corrected chi connectivity index (χ2v) is 3.95. The molecule has 2 aromatic rings. The zero-order valence-electron chi connectivity index (χ0n) is 9.35. The lowest BCUT2D eigenvalue weighted by Gasteiger charge is -2.21. The summed E-state index contributed by atoms with van der Waals surface area (Å²) in [6.45, 7) is 1.79. The standard InChI is InChI=1S/C12H13FN2O2/c1-12(16,9-4-3-7-17-9)8-14-11-6-2-5-10(13)15-11/h2-7,16H,8H2,1H3,(H,14,15). The predicted molar refractivity (Wildman–Crippen MR) is 61.0 cm³/mol. The lowest BCUT2D eigenvalue weighted by molar-refractivity contribution is 0.0475. The zero-order chi connectivity index (χ0) is 12.3. The zero-order valence-corrected chi connectivity index (χ0v) is 9.35. The van der Waals surface area contributed by atoms with Gasteiger partial charge >= 0.3 is 0 Å². The van der Waals surface area contributed by atoms with Crippen LogP contribution in [0, 0.1) is 5.95 Å². The van der Waals surface area contributed by atoms with Crippen molar-refractivity contribution in [3.8, 4) is 0 Å². The summed E-state index contributed by atoms with van der Waals surface area (Å²) < 4.78 is 18.0.